The number of hydrogen-bond donors (Lipinski definition) is 2. The normalized spacial score (nSPS) is 22.8. The second kappa shape index (κ2) is 7.22. The molecule has 0 spiro atoms. The van der Waals surface area contributed by atoms with E-state index in [1.54, 1.807) is 20.8 Å². The van der Waals surface area contributed by atoms with Crippen LogP contribution in [0.15, 0.2) is 24.3 Å². The zero-order chi connectivity index (χ0) is 17.1. The summed E-state index contributed by atoms with van der Waals surface area (Å²) in [6.07, 6.45) is 3.98. The number of nitrogens with one attached hydrogen (secondary N) is 2. The smallest absolute Gasteiger partial charge is 0.216 e. The summed E-state index contributed by atoms with van der Waals surface area (Å²) in [7, 11) is -3.24. The monoisotopic (exact) mass is 338 g/mol. The topological polar surface area (TPSA) is 58.2 Å². The van der Waals surface area contributed by atoms with Gasteiger partial charge in [-0.3, -0.25) is 0 Å². The molecule has 0 atom stereocenters. The molecule has 1 fully saturated rings. The molecular formula is C18H30N2O2S. The Hall–Kier alpha value is -1.07. The lowest BCUT2D eigenvalue weighted by atomic mass is 9.86. The molecule has 5 heteroatoms. The van der Waals surface area contributed by atoms with E-state index in [0.29, 0.717) is 5.92 Å². The summed E-state index contributed by atoms with van der Waals surface area (Å²) in [6, 6.07) is 8.53. The van der Waals surface area contributed by atoms with Crippen molar-refractivity contribution in [1.29, 1.82) is 0 Å². The maximum absolute atomic E-state index is 12.2. The van der Waals surface area contributed by atoms with Crippen LogP contribution in [0.4, 0.5) is 5.69 Å². The van der Waals surface area contributed by atoms with E-state index in [-0.39, 0.29) is 6.04 Å². The number of aryl methyl sites for hydroxylation is 1. The van der Waals surface area contributed by atoms with Crippen LogP contribution >= 0.6 is 0 Å². The molecule has 0 aromatic heterocycles. The Balaban J connectivity index is 1.77. The third kappa shape index (κ3) is 5.21. The molecule has 2 rings (SSSR count). The zero-order valence-corrected chi connectivity index (χ0v) is 15.5. The van der Waals surface area contributed by atoms with Crippen molar-refractivity contribution in [3.8, 4) is 0 Å². The van der Waals surface area contributed by atoms with E-state index in [9.17, 15) is 8.42 Å². The van der Waals surface area contributed by atoms with Crippen LogP contribution in [0.2, 0.25) is 0 Å². The van der Waals surface area contributed by atoms with Gasteiger partial charge in [0.2, 0.25) is 10.0 Å². The Kier molecular flexibility index (Phi) is 5.74. The lowest BCUT2D eigenvalue weighted by Gasteiger charge is -2.31. The minimum absolute atomic E-state index is 0.0925. The fraction of sp³-hybridized carbons (Fsp3) is 0.667. The SMILES string of the molecule is Cc1ccc(NC[C@H]2CC[C@H](NS(=O)(=O)C(C)(C)C)CC2)cc1. The van der Waals surface area contributed by atoms with Gasteiger partial charge < -0.3 is 5.32 Å². The molecule has 1 aliphatic rings. The van der Waals surface area contributed by atoms with E-state index >= 15 is 0 Å². The highest BCUT2D eigenvalue weighted by atomic mass is 32.2. The summed E-state index contributed by atoms with van der Waals surface area (Å²) >= 11 is 0. The van der Waals surface area contributed by atoms with Gasteiger partial charge in [0.25, 0.3) is 0 Å². The molecular weight excluding hydrogens is 308 g/mol. The van der Waals surface area contributed by atoms with Crippen molar-refractivity contribution in [3.63, 3.8) is 0 Å². The Morgan fingerprint density at radius 3 is 2.13 bits per heavy atom. The zero-order valence-electron chi connectivity index (χ0n) is 14.7. The molecule has 0 aliphatic heterocycles. The largest absolute Gasteiger partial charge is 0.385 e. The van der Waals surface area contributed by atoms with Crippen molar-refractivity contribution in [1.82, 2.24) is 4.72 Å². The number of sulfonamides is 1. The molecule has 1 saturated carbocycles. The molecule has 0 amide bonds. The Labute approximate surface area is 141 Å². The second-order valence-electron chi connectivity index (χ2n) is 7.70. The predicted molar refractivity (Wildman–Crippen MR) is 97.2 cm³/mol. The van der Waals surface area contributed by atoms with Crippen LogP contribution in [-0.2, 0) is 10.0 Å². The van der Waals surface area contributed by atoms with E-state index in [4.69, 9.17) is 0 Å². The van der Waals surface area contributed by atoms with Gasteiger partial charge in [-0.2, -0.15) is 0 Å². The van der Waals surface area contributed by atoms with Gasteiger partial charge in [0.1, 0.15) is 0 Å². The molecule has 1 aromatic carbocycles. The molecule has 2 N–H and O–H groups in total. The molecule has 0 bridgehead atoms. The third-order valence-electron chi connectivity index (χ3n) is 4.62. The molecule has 0 saturated heterocycles. The minimum atomic E-state index is -3.24. The Morgan fingerprint density at radius 2 is 1.61 bits per heavy atom. The molecule has 130 valence electrons. The summed E-state index contributed by atoms with van der Waals surface area (Å²) in [6.45, 7) is 8.27. The van der Waals surface area contributed by atoms with E-state index < -0.39 is 14.8 Å². The number of benzene rings is 1. The van der Waals surface area contributed by atoms with Crippen molar-refractivity contribution in [2.45, 2.75) is 64.2 Å². The second-order valence-corrected chi connectivity index (χ2v) is 10.2. The summed E-state index contributed by atoms with van der Waals surface area (Å²) in [5.74, 6) is 0.617. The van der Waals surface area contributed by atoms with E-state index in [2.05, 4.69) is 41.2 Å². The van der Waals surface area contributed by atoms with Crippen LogP contribution in [0.5, 0.6) is 0 Å². The number of anilines is 1. The first kappa shape index (κ1) is 18.3. The lowest BCUT2D eigenvalue weighted by molar-refractivity contribution is 0.322. The van der Waals surface area contributed by atoms with Crippen molar-refractivity contribution in [2.24, 2.45) is 5.92 Å². The van der Waals surface area contributed by atoms with Crippen molar-refractivity contribution in [3.05, 3.63) is 29.8 Å². The van der Waals surface area contributed by atoms with Crippen LogP contribution in [0.1, 0.15) is 52.0 Å². The highest BCUT2D eigenvalue weighted by molar-refractivity contribution is 7.90. The highest BCUT2D eigenvalue weighted by Gasteiger charge is 2.32. The third-order valence-corrected chi connectivity index (χ3v) is 6.88. The average Bonchev–Trinajstić information content (AvgIpc) is 2.47. The molecule has 23 heavy (non-hydrogen) atoms. The Morgan fingerprint density at radius 1 is 1.04 bits per heavy atom. The van der Waals surface area contributed by atoms with Gasteiger partial charge in [0, 0.05) is 18.3 Å². The molecule has 0 unspecified atom stereocenters. The first-order chi connectivity index (χ1) is 10.7. The lowest BCUT2D eigenvalue weighted by Crippen LogP contribution is -2.46. The maximum atomic E-state index is 12.2. The van der Waals surface area contributed by atoms with Gasteiger partial charge in [0.05, 0.1) is 4.75 Å². The van der Waals surface area contributed by atoms with E-state index in [0.717, 1.165) is 37.9 Å². The van der Waals surface area contributed by atoms with Crippen molar-refractivity contribution >= 4 is 15.7 Å². The quantitative estimate of drug-likeness (QED) is 0.861. The van der Waals surface area contributed by atoms with Gasteiger partial charge in [-0.15, -0.1) is 0 Å². The minimum Gasteiger partial charge on any atom is -0.385 e. The van der Waals surface area contributed by atoms with Gasteiger partial charge >= 0.3 is 0 Å². The van der Waals surface area contributed by atoms with Gasteiger partial charge in [-0.1, -0.05) is 17.7 Å². The average molecular weight is 339 g/mol. The first-order valence-electron chi connectivity index (χ1n) is 8.50. The van der Waals surface area contributed by atoms with Crippen LogP contribution in [0.3, 0.4) is 0 Å². The number of hydrogen-bond acceptors (Lipinski definition) is 3. The van der Waals surface area contributed by atoms with E-state index in [1.165, 1.54) is 5.56 Å². The van der Waals surface area contributed by atoms with Crippen LogP contribution in [0.25, 0.3) is 0 Å². The molecule has 0 heterocycles. The van der Waals surface area contributed by atoms with Gasteiger partial charge in [-0.25, -0.2) is 13.1 Å². The van der Waals surface area contributed by atoms with E-state index in [1.807, 2.05) is 0 Å². The number of rotatable bonds is 5. The highest BCUT2D eigenvalue weighted by Crippen LogP contribution is 2.26. The summed E-state index contributed by atoms with van der Waals surface area (Å²) in [5.41, 5.74) is 2.42. The maximum Gasteiger partial charge on any atom is 0.216 e. The first-order valence-corrected chi connectivity index (χ1v) is 9.98. The molecule has 0 radical (unpaired) electrons. The fourth-order valence-corrected chi connectivity index (χ4v) is 3.84. The Bertz CT molecular complexity index is 595. The van der Waals surface area contributed by atoms with Gasteiger partial charge in [-0.05, 0) is 71.4 Å². The van der Waals surface area contributed by atoms with Crippen molar-refractivity contribution in [2.75, 3.05) is 11.9 Å². The van der Waals surface area contributed by atoms with Crippen molar-refractivity contribution < 1.29 is 8.42 Å². The van der Waals surface area contributed by atoms with Crippen LogP contribution < -0.4 is 10.0 Å². The molecule has 1 aliphatic carbocycles. The standard InChI is InChI=1S/C18H30N2O2S/c1-14-5-9-16(10-6-14)19-13-15-7-11-17(12-8-15)20-23(21,22)18(2,3)4/h5-6,9-10,15,17,19-20H,7-8,11-13H2,1-4H3/t15-,17-. The summed E-state index contributed by atoms with van der Waals surface area (Å²) in [4.78, 5) is 0. The summed E-state index contributed by atoms with van der Waals surface area (Å²) in [5, 5.41) is 3.49. The summed E-state index contributed by atoms with van der Waals surface area (Å²) < 4.78 is 26.6. The molecule has 4 nitrogen and oxygen atoms in total. The predicted octanol–water partition coefficient (Wildman–Crippen LogP) is 3.68. The van der Waals surface area contributed by atoms with Gasteiger partial charge in [0.15, 0.2) is 0 Å². The fourth-order valence-electron chi connectivity index (χ4n) is 2.81. The molecule has 1 aromatic rings. The van der Waals surface area contributed by atoms with Crippen LogP contribution in [-0.4, -0.2) is 25.8 Å². The van der Waals surface area contributed by atoms with Crippen LogP contribution in [0, 0.1) is 12.8 Å².